The molecule has 0 aliphatic rings. The Bertz CT molecular complexity index is 396. The summed E-state index contributed by atoms with van der Waals surface area (Å²) >= 11 is 0. The third kappa shape index (κ3) is 5.33. The zero-order chi connectivity index (χ0) is 15.0. The van der Waals surface area contributed by atoms with Crippen molar-refractivity contribution in [2.45, 2.75) is 47.2 Å². The van der Waals surface area contributed by atoms with E-state index in [1.165, 1.54) is 5.56 Å². The zero-order valence-electron chi connectivity index (χ0n) is 13.3. The number of amides is 1. The summed E-state index contributed by atoms with van der Waals surface area (Å²) in [6.45, 7) is 12.1. The van der Waals surface area contributed by atoms with Crippen molar-refractivity contribution in [1.82, 2.24) is 10.2 Å². The highest BCUT2D eigenvalue weighted by atomic mass is 16.1. The molecule has 0 saturated heterocycles. The van der Waals surface area contributed by atoms with Crippen LogP contribution in [-0.2, 0) is 17.9 Å². The van der Waals surface area contributed by atoms with Gasteiger partial charge in [-0.3, -0.25) is 9.69 Å². The lowest BCUT2D eigenvalue weighted by atomic mass is 10.1. The number of nitrogens with one attached hydrogen (secondary N) is 1. The van der Waals surface area contributed by atoms with Crippen LogP contribution in [0.3, 0.4) is 0 Å². The number of benzene rings is 1. The van der Waals surface area contributed by atoms with E-state index in [9.17, 15) is 4.79 Å². The van der Waals surface area contributed by atoms with Gasteiger partial charge in [0, 0.05) is 19.0 Å². The van der Waals surface area contributed by atoms with Crippen LogP contribution < -0.4 is 5.32 Å². The fourth-order valence-corrected chi connectivity index (χ4v) is 2.02. The molecular formula is C17H28N2O. The van der Waals surface area contributed by atoms with Crippen LogP contribution in [-0.4, -0.2) is 23.9 Å². The molecule has 0 aliphatic heterocycles. The largest absolute Gasteiger partial charge is 0.352 e. The molecule has 1 aromatic carbocycles. The van der Waals surface area contributed by atoms with Gasteiger partial charge in [-0.1, -0.05) is 52.0 Å². The molecular weight excluding hydrogens is 248 g/mol. The second-order valence-electron chi connectivity index (χ2n) is 5.30. The molecule has 112 valence electrons. The van der Waals surface area contributed by atoms with Crippen LogP contribution in [0.5, 0.6) is 0 Å². The van der Waals surface area contributed by atoms with Crippen molar-refractivity contribution in [3.8, 4) is 0 Å². The van der Waals surface area contributed by atoms with E-state index in [1.54, 1.807) is 0 Å². The van der Waals surface area contributed by atoms with Crippen LogP contribution in [0.25, 0.3) is 0 Å². The van der Waals surface area contributed by atoms with Crippen LogP contribution in [0.2, 0.25) is 0 Å². The first-order chi connectivity index (χ1) is 9.60. The summed E-state index contributed by atoms with van der Waals surface area (Å²) in [6.07, 6.45) is 0.884. The third-order valence-electron chi connectivity index (χ3n) is 3.85. The van der Waals surface area contributed by atoms with Crippen LogP contribution in [0, 0.1) is 5.92 Å². The van der Waals surface area contributed by atoms with Crippen molar-refractivity contribution in [2.24, 2.45) is 5.92 Å². The lowest BCUT2D eigenvalue weighted by molar-refractivity contribution is -0.124. The average Bonchev–Trinajstić information content (AvgIpc) is 2.50. The minimum atomic E-state index is 0.0944. The Hall–Kier alpha value is -1.35. The fourth-order valence-electron chi connectivity index (χ4n) is 2.02. The molecule has 0 spiro atoms. The zero-order valence-corrected chi connectivity index (χ0v) is 13.3. The molecule has 0 bridgehead atoms. The molecule has 0 aliphatic carbocycles. The maximum atomic E-state index is 11.7. The Kier molecular flexibility index (Phi) is 7.31. The molecule has 0 fully saturated rings. The average molecular weight is 276 g/mol. The van der Waals surface area contributed by atoms with Gasteiger partial charge < -0.3 is 5.32 Å². The summed E-state index contributed by atoms with van der Waals surface area (Å²) in [5.41, 5.74) is 2.48. The predicted molar refractivity (Wildman–Crippen MR) is 84.4 cm³/mol. The van der Waals surface area contributed by atoms with Gasteiger partial charge in [0.1, 0.15) is 0 Å². The van der Waals surface area contributed by atoms with E-state index in [-0.39, 0.29) is 11.8 Å². The highest BCUT2D eigenvalue weighted by molar-refractivity contribution is 5.78. The van der Waals surface area contributed by atoms with Crippen LogP contribution in [0.1, 0.15) is 45.2 Å². The molecule has 1 amide bonds. The molecule has 1 atom stereocenters. The van der Waals surface area contributed by atoms with E-state index in [1.807, 2.05) is 13.8 Å². The highest BCUT2D eigenvalue weighted by Gasteiger charge is 2.09. The first-order valence-electron chi connectivity index (χ1n) is 7.68. The van der Waals surface area contributed by atoms with Crippen molar-refractivity contribution in [1.29, 1.82) is 0 Å². The van der Waals surface area contributed by atoms with Gasteiger partial charge in [-0.05, 0) is 30.6 Å². The topological polar surface area (TPSA) is 32.3 Å². The first-order valence-corrected chi connectivity index (χ1v) is 7.68. The van der Waals surface area contributed by atoms with Gasteiger partial charge in [0.05, 0.1) is 0 Å². The second-order valence-corrected chi connectivity index (χ2v) is 5.30. The monoisotopic (exact) mass is 276 g/mol. The standard InChI is InChI=1S/C17H28N2O/c1-5-14(4)17(20)18-12-15-8-10-16(11-9-15)13-19(6-2)7-3/h8-11,14H,5-7,12-13H2,1-4H3,(H,18,20). The van der Waals surface area contributed by atoms with Gasteiger partial charge in [0.2, 0.25) is 5.91 Å². The van der Waals surface area contributed by atoms with Crippen molar-refractivity contribution in [3.05, 3.63) is 35.4 Å². The van der Waals surface area contributed by atoms with Crippen molar-refractivity contribution >= 4 is 5.91 Å². The minimum Gasteiger partial charge on any atom is -0.352 e. The number of nitrogens with zero attached hydrogens (tertiary/aromatic N) is 1. The van der Waals surface area contributed by atoms with E-state index in [2.05, 4.69) is 48.3 Å². The van der Waals surface area contributed by atoms with Crippen LogP contribution in [0.15, 0.2) is 24.3 Å². The smallest absolute Gasteiger partial charge is 0.223 e. The van der Waals surface area contributed by atoms with E-state index in [0.29, 0.717) is 6.54 Å². The van der Waals surface area contributed by atoms with Gasteiger partial charge in [-0.2, -0.15) is 0 Å². The first kappa shape index (κ1) is 16.7. The molecule has 1 aromatic rings. The molecule has 0 heterocycles. The van der Waals surface area contributed by atoms with Crippen LogP contribution in [0.4, 0.5) is 0 Å². The maximum Gasteiger partial charge on any atom is 0.223 e. The van der Waals surface area contributed by atoms with E-state index in [0.717, 1.165) is 31.6 Å². The highest BCUT2D eigenvalue weighted by Crippen LogP contribution is 2.08. The van der Waals surface area contributed by atoms with Gasteiger partial charge in [0.15, 0.2) is 0 Å². The Morgan fingerprint density at radius 2 is 1.65 bits per heavy atom. The summed E-state index contributed by atoms with van der Waals surface area (Å²) < 4.78 is 0. The van der Waals surface area contributed by atoms with E-state index in [4.69, 9.17) is 0 Å². The van der Waals surface area contributed by atoms with Crippen molar-refractivity contribution in [2.75, 3.05) is 13.1 Å². The van der Waals surface area contributed by atoms with Gasteiger partial charge in [-0.15, -0.1) is 0 Å². The molecule has 20 heavy (non-hydrogen) atoms. The van der Waals surface area contributed by atoms with Crippen molar-refractivity contribution < 1.29 is 4.79 Å². The molecule has 3 nitrogen and oxygen atoms in total. The lowest BCUT2D eigenvalue weighted by Gasteiger charge is -2.18. The molecule has 0 radical (unpaired) electrons. The summed E-state index contributed by atoms with van der Waals surface area (Å²) in [5.74, 6) is 0.233. The molecule has 0 saturated carbocycles. The van der Waals surface area contributed by atoms with Gasteiger partial charge in [0.25, 0.3) is 0 Å². The second kappa shape index (κ2) is 8.75. The number of carbonyl (C=O) groups excluding carboxylic acids is 1. The number of hydrogen-bond donors (Lipinski definition) is 1. The summed E-state index contributed by atoms with van der Waals surface area (Å²) in [5, 5.41) is 2.98. The Labute approximate surface area is 123 Å². The summed E-state index contributed by atoms with van der Waals surface area (Å²) in [7, 11) is 0. The molecule has 3 heteroatoms. The van der Waals surface area contributed by atoms with Crippen LogP contribution >= 0.6 is 0 Å². The Morgan fingerprint density at radius 1 is 1.10 bits per heavy atom. The predicted octanol–water partition coefficient (Wildman–Crippen LogP) is 3.19. The normalized spacial score (nSPS) is 12.4. The molecule has 1 rings (SSSR count). The van der Waals surface area contributed by atoms with E-state index >= 15 is 0 Å². The quantitative estimate of drug-likeness (QED) is 0.791. The molecule has 1 N–H and O–H groups in total. The Balaban J connectivity index is 2.48. The molecule has 1 unspecified atom stereocenters. The summed E-state index contributed by atoms with van der Waals surface area (Å²) in [4.78, 5) is 14.1. The SMILES string of the molecule is CCC(C)C(=O)NCc1ccc(CN(CC)CC)cc1. The Morgan fingerprint density at radius 3 is 2.15 bits per heavy atom. The maximum absolute atomic E-state index is 11.7. The fraction of sp³-hybridized carbons (Fsp3) is 0.588. The van der Waals surface area contributed by atoms with Crippen molar-refractivity contribution in [3.63, 3.8) is 0 Å². The van der Waals surface area contributed by atoms with Gasteiger partial charge >= 0.3 is 0 Å². The van der Waals surface area contributed by atoms with Gasteiger partial charge in [-0.25, -0.2) is 0 Å². The summed E-state index contributed by atoms with van der Waals surface area (Å²) in [6, 6.07) is 8.53. The number of rotatable bonds is 8. The van der Waals surface area contributed by atoms with E-state index < -0.39 is 0 Å². The number of hydrogen-bond acceptors (Lipinski definition) is 2. The third-order valence-corrected chi connectivity index (χ3v) is 3.85. The number of carbonyl (C=O) groups is 1. The lowest BCUT2D eigenvalue weighted by Crippen LogP contribution is -2.28. The molecule has 0 aromatic heterocycles. The minimum absolute atomic E-state index is 0.0944.